The van der Waals surface area contributed by atoms with E-state index in [1.807, 2.05) is 13.8 Å². The third-order valence-corrected chi connectivity index (χ3v) is 6.19. The molecule has 3 rings (SSSR count). The monoisotopic (exact) mass is 301 g/mol. The summed E-state index contributed by atoms with van der Waals surface area (Å²) >= 11 is 1.71. The zero-order valence-electron chi connectivity index (χ0n) is 12.8. The van der Waals surface area contributed by atoms with Crippen LogP contribution in [0.2, 0.25) is 0 Å². The molecule has 0 amide bonds. The first-order valence-corrected chi connectivity index (χ1v) is 8.66. The molecule has 1 aromatic heterocycles. The fourth-order valence-corrected chi connectivity index (χ4v) is 4.81. The Morgan fingerprint density at radius 3 is 2.38 bits per heavy atom. The maximum atomic E-state index is 9.94. The summed E-state index contributed by atoms with van der Waals surface area (Å²) < 4.78 is 0. The number of aromatic nitrogens is 1. The van der Waals surface area contributed by atoms with Gasteiger partial charge in [-0.2, -0.15) is 0 Å². The molecule has 1 aliphatic carbocycles. The van der Waals surface area contributed by atoms with Gasteiger partial charge in [-0.15, -0.1) is 11.3 Å². The molecule has 1 N–H and O–H groups in total. The first-order chi connectivity index (χ1) is 10.1. The Kier molecular flexibility index (Phi) is 4.14. The molecular formula is C18H23NOS. The predicted molar refractivity (Wildman–Crippen MR) is 87.8 cm³/mol. The van der Waals surface area contributed by atoms with E-state index in [0.717, 1.165) is 10.6 Å². The van der Waals surface area contributed by atoms with Crippen molar-refractivity contribution in [3.63, 3.8) is 0 Å². The first kappa shape index (κ1) is 14.7. The van der Waals surface area contributed by atoms with E-state index in [9.17, 15) is 5.11 Å². The van der Waals surface area contributed by atoms with Gasteiger partial charge in [0, 0.05) is 5.41 Å². The largest absolute Gasteiger partial charge is 0.388 e. The van der Waals surface area contributed by atoms with Crippen molar-refractivity contribution in [2.75, 3.05) is 0 Å². The van der Waals surface area contributed by atoms with E-state index in [2.05, 4.69) is 30.3 Å². The molecule has 0 spiro atoms. The Morgan fingerprint density at radius 2 is 1.81 bits per heavy atom. The van der Waals surface area contributed by atoms with Gasteiger partial charge in [0.15, 0.2) is 0 Å². The van der Waals surface area contributed by atoms with Crippen LogP contribution in [0.25, 0.3) is 0 Å². The normalized spacial score (nSPS) is 19.4. The second-order valence-electron chi connectivity index (χ2n) is 6.15. The molecule has 1 saturated carbocycles. The van der Waals surface area contributed by atoms with Crippen molar-refractivity contribution in [3.8, 4) is 0 Å². The van der Waals surface area contributed by atoms with E-state index in [1.54, 1.807) is 11.3 Å². The van der Waals surface area contributed by atoms with Crippen LogP contribution >= 0.6 is 11.3 Å². The van der Waals surface area contributed by atoms with Gasteiger partial charge in [0.05, 0.1) is 16.7 Å². The predicted octanol–water partition coefficient (Wildman–Crippen LogP) is 4.76. The number of nitrogens with zero attached hydrogens (tertiary/aromatic N) is 1. The molecule has 1 aliphatic rings. The number of rotatable bonds is 3. The number of aliphatic hydroxyl groups excluding tert-OH is 1. The van der Waals surface area contributed by atoms with Crippen molar-refractivity contribution in [2.45, 2.75) is 57.5 Å². The molecule has 112 valence electrons. The van der Waals surface area contributed by atoms with Crippen LogP contribution in [0.1, 0.15) is 66.3 Å². The smallest absolute Gasteiger partial charge is 0.104 e. The minimum atomic E-state index is -0.423. The Hall–Kier alpha value is -1.19. The molecule has 1 unspecified atom stereocenters. The van der Waals surface area contributed by atoms with Crippen LogP contribution in [0.15, 0.2) is 30.3 Å². The minimum absolute atomic E-state index is 0.0576. The van der Waals surface area contributed by atoms with E-state index in [4.69, 9.17) is 4.98 Å². The summed E-state index contributed by atoms with van der Waals surface area (Å²) in [5, 5.41) is 11.1. The van der Waals surface area contributed by atoms with Crippen molar-refractivity contribution in [1.29, 1.82) is 0 Å². The fraction of sp³-hybridized carbons (Fsp3) is 0.500. The van der Waals surface area contributed by atoms with Crippen LogP contribution in [-0.2, 0) is 5.41 Å². The molecule has 0 aliphatic heterocycles. The number of hydrogen-bond acceptors (Lipinski definition) is 3. The second-order valence-corrected chi connectivity index (χ2v) is 7.18. The quantitative estimate of drug-likeness (QED) is 0.887. The Morgan fingerprint density at radius 1 is 1.14 bits per heavy atom. The molecule has 0 radical (unpaired) electrons. The van der Waals surface area contributed by atoms with Gasteiger partial charge in [-0.1, -0.05) is 49.6 Å². The molecule has 3 heteroatoms. The molecule has 1 atom stereocenters. The lowest BCUT2D eigenvalue weighted by Crippen LogP contribution is -2.30. The SMILES string of the molecule is Cc1nc(C2(c3ccccc3)CCCCC2)sc1C(C)O. The Bertz CT molecular complexity index is 597. The van der Waals surface area contributed by atoms with Crippen molar-refractivity contribution in [3.05, 3.63) is 51.5 Å². The van der Waals surface area contributed by atoms with Crippen LogP contribution in [0.5, 0.6) is 0 Å². The van der Waals surface area contributed by atoms with Gasteiger partial charge >= 0.3 is 0 Å². The molecule has 1 heterocycles. The van der Waals surface area contributed by atoms with Crippen LogP contribution in [0.4, 0.5) is 0 Å². The third-order valence-electron chi connectivity index (χ3n) is 4.65. The molecule has 21 heavy (non-hydrogen) atoms. The molecule has 0 saturated heterocycles. The highest BCUT2D eigenvalue weighted by molar-refractivity contribution is 7.12. The molecule has 1 aromatic carbocycles. The summed E-state index contributed by atoms with van der Waals surface area (Å²) in [6, 6.07) is 10.8. The maximum absolute atomic E-state index is 9.94. The zero-order valence-corrected chi connectivity index (χ0v) is 13.6. The topological polar surface area (TPSA) is 33.1 Å². The number of aliphatic hydroxyl groups is 1. The molecular weight excluding hydrogens is 278 g/mol. The Labute approximate surface area is 130 Å². The average Bonchev–Trinajstić information content (AvgIpc) is 2.91. The molecule has 1 fully saturated rings. The Balaban J connectivity index is 2.10. The number of hydrogen-bond donors (Lipinski definition) is 1. The van der Waals surface area contributed by atoms with Gasteiger partial charge < -0.3 is 5.11 Å². The molecule has 2 nitrogen and oxygen atoms in total. The third kappa shape index (κ3) is 2.65. The highest BCUT2D eigenvalue weighted by Gasteiger charge is 2.38. The van der Waals surface area contributed by atoms with Gasteiger partial charge in [-0.05, 0) is 32.3 Å². The van der Waals surface area contributed by atoms with Crippen LogP contribution in [-0.4, -0.2) is 10.1 Å². The maximum Gasteiger partial charge on any atom is 0.104 e. The van der Waals surface area contributed by atoms with Crippen LogP contribution in [0.3, 0.4) is 0 Å². The summed E-state index contributed by atoms with van der Waals surface area (Å²) in [6.07, 6.45) is 5.76. The highest BCUT2D eigenvalue weighted by Crippen LogP contribution is 2.47. The van der Waals surface area contributed by atoms with Crippen molar-refractivity contribution < 1.29 is 5.11 Å². The van der Waals surface area contributed by atoms with Crippen molar-refractivity contribution in [1.82, 2.24) is 4.98 Å². The fourth-order valence-electron chi connectivity index (χ4n) is 3.54. The van der Waals surface area contributed by atoms with Gasteiger partial charge in [-0.3, -0.25) is 0 Å². The minimum Gasteiger partial charge on any atom is -0.388 e. The van der Waals surface area contributed by atoms with E-state index in [-0.39, 0.29) is 5.41 Å². The number of thiazole rings is 1. The summed E-state index contributed by atoms with van der Waals surface area (Å²) in [5.41, 5.74) is 2.43. The first-order valence-electron chi connectivity index (χ1n) is 7.85. The van der Waals surface area contributed by atoms with E-state index in [1.165, 1.54) is 42.7 Å². The van der Waals surface area contributed by atoms with Gasteiger partial charge in [-0.25, -0.2) is 4.98 Å². The summed E-state index contributed by atoms with van der Waals surface area (Å²) in [7, 11) is 0. The lowest BCUT2D eigenvalue weighted by molar-refractivity contribution is 0.202. The van der Waals surface area contributed by atoms with Gasteiger partial charge in [0.25, 0.3) is 0 Å². The lowest BCUT2D eigenvalue weighted by atomic mass is 9.70. The van der Waals surface area contributed by atoms with Crippen LogP contribution in [0, 0.1) is 6.92 Å². The standard InChI is InChI=1S/C18H23NOS/c1-13-16(14(2)20)21-17(19-13)18(11-7-4-8-12-18)15-9-5-3-6-10-15/h3,5-6,9-10,14,20H,4,7-8,11-12H2,1-2H3. The summed E-state index contributed by atoms with van der Waals surface area (Å²) in [4.78, 5) is 5.88. The average molecular weight is 301 g/mol. The molecule has 0 bridgehead atoms. The van der Waals surface area contributed by atoms with E-state index in [0.29, 0.717) is 0 Å². The number of aryl methyl sites for hydroxylation is 1. The van der Waals surface area contributed by atoms with E-state index >= 15 is 0 Å². The lowest BCUT2D eigenvalue weighted by Gasteiger charge is -2.36. The van der Waals surface area contributed by atoms with Gasteiger partial charge in [0.2, 0.25) is 0 Å². The van der Waals surface area contributed by atoms with E-state index < -0.39 is 6.10 Å². The van der Waals surface area contributed by atoms with Crippen molar-refractivity contribution in [2.24, 2.45) is 0 Å². The highest BCUT2D eigenvalue weighted by atomic mass is 32.1. The van der Waals surface area contributed by atoms with Crippen molar-refractivity contribution >= 4 is 11.3 Å². The van der Waals surface area contributed by atoms with Gasteiger partial charge in [0.1, 0.15) is 5.01 Å². The molecule has 2 aromatic rings. The summed E-state index contributed by atoms with van der Waals surface area (Å²) in [6.45, 7) is 3.85. The van der Waals surface area contributed by atoms with Crippen LogP contribution < -0.4 is 0 Å². The number of benzene rings is 1. The zero-order chi connectivity index (χ0) is 14.9. The summed E-state index contributed by atoms with van der Waals surface area (Å²) in [5.74, 6) is 0. The second kappa shape index (κ2) is 5.90.